The highest BCUT2D eigenvalue weighted by Crippen LogP contribution is 2.28. The quantitative estimate of drug-likeness (QED) is 0.745. The Morgan fingerprint density at radius 3 is 2.38 bits per heavy atom. The van der Waals surface area contributed by atoms with Crippen LogP contribution in [0.25, 0.3) is 0 Å². The molecule has 0 atom stereocenters. The Kier molecular flexibility index (Phi) is 5.25. The third kappa shape index (κ3) is 4.47. The Morgan fingerprint density at radius 2 is 1.81 bits per heavy atom. The molecule has 0 unspecified atom stereocenters. The number of hydrogen-bond donors (Lipinski definition) is 3. The van der Waals surface area contributed by atoms with Crippen molar-refractivity contribution in [2.24, 2.45) is 0 Å². The van der Waals surface area contributed by atoms with Crippen LogP contribution in [0.5, 0.6) is 0 Å². The van der Waals surface area contributed by atoms with Crippen molar-refractivity contribution in [1.82, 2.24) is 10.6 Å². The molecule has 1 saturated carbocycles. The lowest BCUT2D eigenvalue weighted by Gasteiger charge is -2.27. The van der Waals surface area contributed by atoms with Gasteiger partial charge in [-0.05, 0) is 30.5 Å². The van der Waals surface area contributed by atoms with Gasteiger partial charge in [-0.25, -0.2) is 8.78 Å². The predicted molar refractivity (Wildman–Crippen MR) is 74.5 cm³/mol. The van der Waals surface area contributed by atoms with E-state index in [2.05, 4.69) is 10.6 Å². The van der Waals surface area contributed by atoms with E-state index in [0.29, 0.717) is 5.56 Å². The molecule has 1 aliphatic carbocycles. The second-order valence-corrected chi connectivity index (χ2v) is 5.55. The first-order chi connectivity index (χ1) is 10.0. The van der Waals surface area contributed by atoms with E-state index in [4.69, 9.17) is 0 Å². The average Bonchev–Trinajstić information content (AvgIpc) is 2.91. The smallest absolute Gasteiger partial charge is 0.234 e. The molecule has 0 heterocycles. The molecule has 6 heteroatoms. The maximum Gasteiger partial charge on any atom is 0.234 e. The standard InChI is InChI=1S/C15H20F2N2O2/c16-12-5-11(6-13(17)7-12)8-18-14(21)9-19-15(10-20)3-1-2-4-15/h5-7,19-20H,1-4,8-10H2,(H,18,21). The van der Waals surface area contributed by atoms with Crippen LogP contribution in [-0.2, 0) is 11.3 Å². The third-order valence-corrected chi connectivity index (χ3v) is 3.90. The van der Waals surface area contributed by atoms with Gasteiger partial charge in [-0.15, -0.1) is 0 Å². The third-order valence-electron chi connectivity index (χ3n) is 3.90. The highest BCUT2D eigenvalue weighted by atomic mass is 19.1. The topological polar surface area (TPSA) is 61.4 Å². The van der Waals surface area contributed by atoms with E-state index in [9.17, 15) is 18.7 Å². The number of nitrogens with one attached hydrogen (secondary N) is 2. The van der Waals surface area contributed by atoms with Crippen LogP contribution in [0.1, 0.15) is 31.2 Å². The summed E-state index contributed by atoms with van der Waals surface area (Å²) in [6.07, 6.45) is 3.78. The molecule has 116 valence electrons. The van der Waals surface area contributed by atoms with Crippen molar-refractivity contribution in [1.29, 1.82) is 0 Å². The molecule has 1 amide bonds. The minimum absolute atomic E-state index is 0.00931. The number of rotatable bonds is 6. The molecule has 0 aromatic heterocycles. The van der Waals surface area contributed by atoms with Crippen molar-refractivity contribution in [3.8, 4) is 0 Å². The second kappa shape index (κ2) is 6.95. The SMILES string of the molecule is O=C(CNC1(CO)CCCC1)NCc1cc(F)cc(F)c1. The zero-order chi connectivity index (χ0) is 15.3. The summed E-state index contributed by atoms with van der Waals surface area (Å²) in [5, 5.41) is 15.1. The number of amides is 1. The van der Waals surface area contributed by atoms with E-state index < -0.39 is 11.6 Å². The molecule has 21 heavy (non-hydrogen) atoms. The van der Waals surface area contributed by atoms with Gasteiger partial charge in [0.05, 0.1) is 13.2 Å². The summed E-state index contributed by atoms with van der Waals surface area (Å²) in [7, 11) is 0. The van der Waals surface area contributed by atoms with Crippen LogP contribution < -0.4 is 10.6 Å². The Hall–Kier alpha value is -1.53. The number of carbonyl (C=O) groups excluding carboxylic acids is 1. The van der Waals surface area contributed by atoms with Crippen molar-refractivity contribution in [2.75, 3.05) is 13.2 Å². The Balaban J connectivity index is 1.79. The summed E-state index contributed by atoms with van der Waals surface area (Å²) >= 11 is 0. The fourth-order valence-electron chi connectivity index (χ4n) is 2.69. The molecular weight excluding hydrogens is 278 g/mol. The number of benzene rings is 1. The van der Waals surface area contributed by atoms with E-state index in [1.165, 1.54) is 12.1 Å². The lowest BCUT2D eigenvalue weighted by molar-refractivity contribution is -0.120. The first-order valence-corrected chi connectivity index (χ1v) is 7.11. The molecule has 0 radical (unpaired) electrons. The summed E-state index contributed by atoms with van der Waals surface area (Å²) in [5.74, 6) is -1.59. The zero-order valence-electron chi connectivity index (χ0n) is 11.8. The van der Waals surface area contributed by atoms with Gasteiger partial charge in [0.1, 0.15) is 11.6 Å². The highest BCUT2D eigenvalue weighted by Gasteiger charge is 2.32. The van der Waals surface area contributed by atoms with Crippen LogP contribution in [0.3, 0.4) is 0 Å². The van der Waals surface area contributed by atoms with Gasteiger partial charge in [0.25, 0.3) is 0 Å². The largest absolute Gasteiger partial charge is 0.394 e. The van der Waals surface area contributed by atoms with Gasteiger partial charge in [0.15, 0.2) is 0 Å². The number of aliphatic hydroxyl groups is 1. The Labute approximate surface area is 122 Å². The van der Waals surface area contributed by atoms with Crippen molar-refractivity contribution in [3.05, 3.63) is 35.4 Å². The minimum atomic E-state index is -0.664. The molecule has 4 nitrogen and oxygen atoms in total. The molecule has 1 aromatic rings. The maximum absolute atomic E-state index is 13.0. The number of hydrogen-bond acceptors (Lipinski definition) is 3. The lowest BCUT2D eigenvalue weighted by Crippen LogP contribution is -2.50. The minimum Gasteiger partial charge on any atom is -0.394 e. The Morgan fingerprint density at radius 1 is 1.19 bits per heavy atom. The fraction of sp³-hybridized carbons (Fsp3) is 0.533. The van der Waals surface area contributed by atoms with Gasteiger partial charge in [0, 0.05) is 18.2 Å². The molecule has 0 saturated heterocycles. The number of halogens is 2. The molecular formula is C15H20F2N2O2. The summed E-state index contributed by atoms with van der Waals surface area (Å²) < 4.78 is 26.0. The molecule has 0 aliphatic heterocycles. The normalized spacial score (nSPS) is 16.9. The molecule has 1 aromatic carbocycles. The van der Waals surface area contributed by atoms with Gasteiger partial charge < -0.3 is 15.7 Å². The molecule has 3 N–H and O–H groups in total. The summed E-state index contributed by atoms with van der Waals surface area (Å²) in [4.78, 5) is 11.8. The van der Waals surface area contributed by atoms with Gasteiger partial charge in [-0.3, -0.25) is 4.79 Å². The van der Waals surface area contributed by atoms with Crippen LogP contribution in [0.15, 0.2) is 18.2 Å². The van der Waals surface area contributed by atoms with Crippen LogP contribution >= 0.6 is 0 Å². The first kappa shape index (κ1) is 15.9. The van der Waals surface area contributed by atoms with Crippen molar-refractivity contribution in [2.45, 2.75) is 37.8 Å². The molecule has 0 bridgehead atoms. The van der Waals surface area contributed by atoms with Crippen LogP contribution in [0, 0.1) is 11.6 Å². The van der Waals surface area contributed by atoms with E-state index in [-0.39, 0.29) is 31.1 Å². The fourth-order valence-corrected chi connectivity index (χ4v) is 2.69. The van der Waals surface area contributed by atoms with Gasteiger partial charge >= 0.3 is 0 Å². The summed E-state index contributed by atoms with van der Waals surface area (Å²) in [6, 6.07) is 3.16. The first-order valence-electron chi connectivity index (χ1n) is 7.11. The van der Waals surface area contributed by atoms with Gasteiger partial charge in [0.2, 0.25) is 5.91 Å². The zero-order valence-corrected chi connectivity index (χ0v) is 11.8. The van der Waals surface area contributed by atoms with Crippen molar-refractivity contribution >= 4 is 5.91 Å². The number of carbonyl (C=O) groups is 1. The van der Waals surface area contributed by atoms with E-state index >= 15 is 0 Å². The Bertz CT molecular complexity index is 482. The van der Waals surface area contributed by atoms with E-state index in [0.717, 1.165) is 31.7 Å². The van der Waals surface area contributed by atoms with E-state index in [1.54, 1.807) is 0 Å². The van der Waals surface area contributed by atoms with Crippen molar-refractivity contribution in [3.63, 3.8) is 0 Å². The van der Waals surface area contributed by atoms with Crippen LogP contribution in [0.4, 0.5) is 8.78 Å². The monoisotopic (exact) mass is 298 g/mol. The predicted octanol–water partition coefficient (Wildman–Crippen LogP) is 1.48. The average molecular weight is 298 g/mol. The van der Waals surface area contributed by atoms with E-state index in [1.807, 2.05) is 0 Å². The summed E-state index contributed by atoms with van der Waals surface area (Å²) in [5.41, 5.74) is 0.0149. The molecule has 1 aliphatic rings. The van der Waals surface area contributed by atoms with Gasteiger partial charge in [-0.1, -0.05) is 12.8 Å². The molecule has 0 spiro atoms. The molecule has 2 rings (SSSR count). The molecule has 1 fully saturated rings. The maximum atomic E-state index is 13.0. The second-order valence-electron chi connectivity index (χ2n) is 5.55. The van der Waals surface area contributed by atoms with Crippen LogP contribution in [0.2, 0.25) is 0 Å². The highest BCUT2D eigenvalue weighted by molar-refractivity contribution is 5.78. The lowest BCUT2D eigenvalue weighted by atomic mass is 9.99. The summed E-state index contributed by atoms with van der Waals surface area (Å²) in [6.45, 7) is 0.162. The number of aliphatic hydroxyl groups excluding tert-OH is 1. The van der Waals surface area contributed by atoms with Gasteiger partial charge in [-0.2, -0.15) is 0 Å². The van der Waals surface area contributed by atoms with Crippen molar-refractivity contribution < 1.29 is 18.7 Å². The van der Waals surface area contributed by atoms with Crippen LogP contribution in [-0.4, -0.2) is 29.7 Å².